The lowest BCUT2D eigenvalue weighted by molar-refractivity contribution is -0.128. The zero-order valence-corrected chi connectivity index (χ0v) is 26.1. The molecule has 1 unspecified atom stereocenters. The second kappa shape index (κ2) is 12.2. The fourth-order valence-corrected chi connectivity index (χ4v) is 5.88. The first-order chi connectivity index (χ1) is 18.5. The van der Waals surface area contributed by atoms with Gasteiger partial charge in [0.05, 0.1) is 12.0 Å². The summed E-state index contributed by atoms with van der Waals surface area (Å²) in [6.07, 6.45) is 6.32. The molecule has 1 aliphatic carbocycles. The molecule has 0 spiro atoms. The van der Waals surface area contributed by atoms with Crippen LogP contribution in [0.3, 0.4) is 0 Å². The van der Waals surface area contributed by atoms with Crippen molar-refractivity contribution in [1.29, 1.82) is 0 Å². The lowest BCUT2D eigenvalue weighted by Crippen LogP contribution is -2.47. The molecule has 40 heavy (non-hydrogen) atoms. The van der Waals surface area contributed by atoms with Gasteiger partial charge in [-0.05, 0) is 100 Å². The first-order valence-corrected chi connectivity index (χ1v) is 14.5. The number of ether oxygens (including phenoxy) is 1. The number of para-hydroxylation sites is 1. The number of rotatable bonds is 3. The summed E-state index contributed by atoms with van der Waals surface area (Å²) in [5, 5.41) is 0. The van der Waals surface area contributed by atoms with Gasteiger partial charge in [-0.2, -0.15) is 0 Å². The van der Waals surface area contributed by atoms with E-state index in [2.05, 4.69) is 76.0 Å². The summed E-state index contributed by atoms with van der Waals surface area (Å²) in [6.45, 7) is 16.6. The maximum atomic E-state index is 11.2. The molecule has 2 aromatic carbocycles. The minimum Gasteiger partial charge on any atom is -0.488 e. The lowest BCUT2D eigenvalue weighted by Gasteiger charge is -2.37. The van der Waals surface area contributed by atoms with E-state index in [-0.39, 0.29) is 22.8 Å². The largest absolute Gasteiger partial charge is 0.488 e. The van der Waals surface area contributed by atoms with Gasteiger partial charge in [0.15, 0.2) is 11.7 Å². The number of fused-ring (bicyclic) bond motifs is 2. The highest BCUT2D eigenvalue weighted by molar-refractivity contribution is 5.98. The minimum absolute atomic E-state index is 0.00576. The number of carbonyl (C=O) groups is 2. The Morgan fingerprint density at radius 1 is 1.02 bits per heavy atom. The number of hydrogen-bond acceptors (Lipinski definition) is 5. The molecule has 0 saturated carbocycles. The van der Waals surface area contributed by atoms with E-state index in [9.17, 15) is 9.59 Å². The van der Waals surface area contributed by atoms with Gasteiger partial charge in [-0.25, -0.2) is 4.99 Å². The van der Waals surface area contributed by atoms with Crippen LogP contribution in [0.1, 0.15) is 114 Å². The van der Waals surface area contributed by atoms with Gasteiger partial charge in [0, 0.05) is 12.6 Å². The molecule has 2 heterocycles. The van der Waals surface area contributed by atoms with Gasteiger partial charge in [0.2, 0.25) is 5.91 Å². The van der Waals surface area contributed by atoms with E-state index < -0.39 is 0 Å². The quantitative estimate of drug-likeness (QED) is 0.416. The van der Waals surface area contributed by atoms with Gasteiger partial charge < -0.3 is 10.5 Å². The average Bonchev–Trinajstić information content (AvgIpc) is 3.15. The molecule has 218 valence electrons. The Hall–Kier alpha value is -3.15. The highest BCUT2D eigenvalue weighted by Gasteiger charge is 2.33. The van der Waals surface area contributed by atoms with Crippen LogP contribution in [-0.4, -0.2) is 40.7 Å². The van der Waals surface area contributed by atoms with Crippen molar-refractivity contribution in [2.75, 3.05) is 7.05 Å². The van der Waals surface area contributed by atoms with Gasteiger partial charge in [-0.1, -0.05) is 57.5 Å². The van der Waals surface area contributed by atoms with Gasteiger partial charge in [0.1, 0.15) is 11.4 Å². The molecule has 3 aliphatic rings. The molecule has 0 aromatic heterocycles. The highest BCUT2D eigenvalue weighted by Crippen LogP contribution is 2.42. The summed E-state index contributed by atoms with van der Waals surface area (Å²) in [6, 6.07) is 14.6. The monoisotopic (exact) mass is 547 g/mol. The topological polar surface area (TPSA) is 85.0 Å². The van der Waals surface area contributed by atoms with Crippen LogP contribution in [0.15, 0.2) is 47.5 Å². The van der Waals surface area contributed by atoms with Crippen molar-refractivity contribution in [2.45, 2.75) is 111 Å². The van der Waals surface area contributed by atoms with E-state index in [1.54, 1.807) is 14.0 Å². The van der Waals surface area contributed by atoms with Crippen LogP contribution < -0.4 is 10.5 Å². The third kappa shape index (κ3) is 8.18. The smallest absolute Gasteiger partial charge is 0.231 e. The summed E-state index contributed by atoms with van der Waals surface area (Å²) >= 11 is 0. The SMILES string of the molecule is CC(=O)c1ccc2c(c1)CC(C)(C)C2.CCCC1CC(C)(C)Oc2ccccc21.CN1C(=O)CC(C)(C)N=C1N. The van der Waals surface area contributed by atoms with Crippen LogP contribution in [0.5, 0.6) is 5.75 Å². The zero-order chi connectivity index (χ0) is 29.9. The Kier molecular flexibility index (Phi) is 9.54. The van der Waals surface area contributed by atoms with Crippen LogP contribution in [0.25, 0.3) is 0 Å². The fourth-order valence-electron chi connectivity index (χ4n) is 5.88. The molecule has 6 heteroatoms. The summed E-state index contributed by atoms with van der Waals surface area (Å²) in [5.74, 6) is 2.27. The molecule has 0 fully saturated rings. The highest BCUT2D eigenvalue weighted by atomic mass is 16.5. The van der Waals surface area contributed by atoms with Crippen LogP contribution in [0.4, 0.5) is 0 Å². The normalized spacial score (nSPS) is 21.3. The summed E-state index contributed by atoms with van der Waals surface area (Å²) < 4.78 is 6.00. The summed E-state index contributed by atoms with van der Waals surface area (Å²) in [7, 11) is 1.64. The molecular formula is C34H49N3O3. The van der Waals surface area contributed by atoms with Crippen molar-refractivity contribution in [1.82, 2.24) is 4.90 Å². The van der Waals surface area contributed by atoms with Crippen molar-refractivity contribution in [3.05, 3.63) is 64.7 Å². The van der Waals surface area contributed by atoms with Gasteiger partial charge in [-0.15, -0.1) is 0 Å². The first kappa shape index (κ1) is 31.4. The van der Waals surface area contributed by atoms with Gasteiger partial charge >= 0.3 is 0 Å². The van der Waals surface area contributed by atoms with E-state index in [0.717, 1.165) is 30.6 Å². The summed E-state index contributed by atoms with van der Waals surface area (Å²) in [5.41, 5.74) is 10.6. The van der Waals surface area contributed by atoms with E-state index in [4.69, 9.17) is 10.5 Å². The second-order valence-corrected chi connectivity index (χ2v) is 13.6. The molecule has 0 bridgehead atoms. The van der Waals surface area contributed by atoms with Crippen LogP contribution in [0.2, 0.25) is 0 Å². The molecule has 2 N–H and O–H groups in total. The molecule has 2 aromatic rings. The number of nitrogens with two attached hydrogens (primary N) is 1. The Morgan fingerprint density at radius 2 is 1.68 bits per heavy atom. The Bertz CT molecular complexity index is 1260. The fraction of sp³-hybridized carbons (Fsp3) is 0.559. The van der Waals surface area contributed by atoms with Crippen LogP contribution >= 0.6 is 0 Å². The number of ketones is 1. The standard InChI is InChI=1S/C14H20O.C13H16O.C7H13N3O/c1-4-7-11-10-14(2,3)15-13-9-6-5-8-12(11)13;1-9(14)10-4-5-11-7-13(2,3)8-12(11)6-10;1-7(2)4-5(11)10(3)6(8)9-7/h5-6,8-9,11H,4,7,10H2,1-3H3;4-6H,7-8H2,1-3H3;4H2,1-3H3,(H2,8,9). The Morgan fingerprint density at radius 3 is 2.30 bits per heavy atom. The van der Waals surface area contributed by atoms with E-state index >= 15 is 0 Å². The van der Waals surface area contributed by atoms with E-state index in [1.807, 2.05) is 19.9 Å². The van der Waals surface area contributed by atoms with Crippen molar-refractivity contribution < 1.29 is 14.3 Å². The van der Waals surface area contributed by atoms with Crippen LogP contribution in [-0.2, 0) is 17.6 Å². The van der Waals surface area contributed by atoms with Crippen molar-refractivity contribution in [3.63, 3.8) is 0 Å². The summed E-state index contributed by atoms with van der Waals surface area (Å²) in [4.78, 5) is 27.9. The van der Waals surface area contributed by atoms with Crippen molar-refractivity contribution in [2.24, 2.45) is 16.1 Å². The van der Waals surface area contributed by atoms with Crippen molar-refractivity contribution >= 4 is 17.6 Å². The number of carbonyl (C=O) groups excluding carboxylic acids is 2. The number of Topliss-reactive ketones (excluding diaryl/α,β-unsaturated/α-hetero) is 1. The maximum absolute atomic E-state index is 11.2. The van der Waals surface area contributed by atoms with E-state index in [0.29, 0.717) is 23.7 Å². The maximum Gasteiger partial charge on any atom is 0.231 e. The van der Waals surface area contributed by atoms with Crippen molar-refractivity contribution in [3.8, 4) is 5.75 Å². The van der Waals surface area contributed by atoms with E-state index in [1.165, 1.54) is 34.4 Å². The molecule has 0 radical (unpaired) electrons. The second-order valence-electron chi connectivity index (χ2n) is 13.6. The third-order valence-electron chi connectivity index (χ3n) is 7.79. The number of benzene rings is 2. The lowest BCUT2D eigenvalue weighted by atomic mass is 9.82. The molecule has 1 atom stereocenters. The minimum atomic E-state index is -0.326. The number of nitrogens with zero attached hydrogens (tertiary/aromatic N) is 2. The number of aliphatic imine (C=N–C) groups is 1. The predicted octanol–water partition coefficient (Wildman–Crippen LogP) is 7.09. The Balaban J connectivity index is 0.000000168. The molecule has 2 aliphatic heterocycles. The molecule has 5 rings (SSSR count). The number of amides is 1. The van der Waals surface area contributed by atoms with Gasteiger partial charge in [0.25, 0.3) is 0 Å². The zero-order valence-electron chi connectivity index (χ0n) is 26.1. The molecule has 0 saturated heterocycles. The number of guanidine groups is 1. The average molecular weight is 548 g/mol. The Labute approximate surface area is 241 Å². The van der Waals surface area contributed by atoms with Gasteiger partial charge in [-0.3, -0.25) is 14.5 Å². The number of hydrogen-bond donors (Lipinski definition) is 1. The molecule has 6 nitrogen and oxygen atoms in total. The molecular weight excluding hydrogens is 498 g/mol. The molecule has 1 amide bonds. The van der Waals surface area contributed by atoms with Crippen LogP contribution in [0, 0.1) is 5.41 Å². The predicted molar refractivity (Wildman–Crippen MR) is 164 cm³/mol. The first-order valence-electron chi connectivity index (χ1n) is 14.5. The third-order valence-corrected chi connectivity index (χ3v) is 7.79.